The van der Waals surface area contributed by atoms with Crippen molar-refractivity contribution < 1.29 is 47.3 Å². The molecule has 6 heavy (non-hydrogen) atoms. The average Bonchev–Trinajstić information content (AvgIpc) is 0.722. The summed E-state index contributed by atoms with van der Waals surface area (Å²) >= 11 is -7.17. The molecule has 0 saturated heterocycles. The van der Waals surface area contributed by atoms with Crippen molar-refractivity contribution in [3.05, 3.63) is 0 Å². The van der Waals surface area contributed by atoms with E-state index in [0.29, 0.717) is 0 Å². The van der Waals surface area contributed by atoms with Gasteiger partial charge in [-0.15, -0.1) is 0 Å². The monoisotopic (exact) mass is 318 g/mol. The molecule has 0 N–H and O–H groups in total. The molecule has 0 aliphatic rings. The quantitative estimate of drug-likeness (QED) is 0.471. The molecule has 0 heterocycles. The van der Waals surface area contributed by atoms with Gasteiger partial charge in [-0.3, -0.25) is 0 Å². The van der Waals surface area contributed by atoms with E-state index in [9.17, 15) is 12.6 Å². The molecule has 0 nitrogen and oxygen atoms in total. The zero-order chi connectivity index (χ0) is 4.50. The molecule has 6 heteroatoms. The third-order valence-electron chi connectivity index (χ3n) is 0. The summed E-state index contributed by atoms with van der Waals surface area (Å²) in [5.74, 6) is 0. The van der Waals surface area contributed by atoms with Gasteiger partial charge in [0.25, 0.3) is 0 Å². The summed E-state index contributed by atoms with van der Waals surface area (Å²) < 4.78 is 39.6. The maximum Gasteiger partial charge on any atom is 0 e. The van der Waals surface area contributed by atoms with E-state index in [1.165, 1.54) is 0 Å². The zero-order valence-corrected chi connectivity index (χ0v) is 6.16. The topological polar surface area (TPSA) is 0 Å². The largest absolute Gasteiger partial charge is 0 e. The van der Waals surface area contributed by atoms with Crippen molar-refractivity contribution in [3.63, 3.8) is 0 Å². The maximum atomic E-state index is 9.90. The van der Waals surface area contributed by atoms with Crippen LogP contribution in [-0.4, -0.2) is 0 Å². The Morgan fingerprint density at radius 1 is 0.833 bits per heavy atom. The molecule has 0 amide bonds. The molecule has 0 saturated carbocycles. The zero-order valence-electron chi connectivity index (χ0n) is 2.24. The Labute approximate surface area is 47.6 Å². The van der Waals surface area contributed by atoms with Crippen molar-refractivity contribution in [2.45, 2.75) is 0 Å². The molecule has 0 aromatic rings. The Kier molecular flexibility index (Phi) is 4.96. The molecule has 0 unspecified atom stereocenters. The van der Waals surface area contributed by atoms with Gasteiger partial charge in [-0.05, 0) is 0 Å². The molecule has 0 atom stereocenters. The van der Waals surface area contributed by atoms with Crippen LogP contribution < -0.4 is 0 Å². The predicted molar refractivity (Wildman–Crippen MR) is 4.43 cm³/mol. The van der Waals surface area contributed by atoms with E-state index in [1.807, 2.05) is 0 Å². The third-order valence-corrected chi connectivity index (χ3v) is 0. The van der Waals surface area contributed by atoms with Gasteiger partial charge in [0.2, 0.25) is 0 Å². The fourth-order valence-electron chi connectivity index (χ4n) is 0. The van der Waals surface area contributed by atoms with Crippen LogP contribution in [0.3, 0.4) is 0 Å². The van der Waals surface area contributed by atoms with E-state index in [1.54, 1.807) is 0 Å². The summed E-state index contributed by atoms with van der Waals surface area (Å²) in [6.07, 6.45) is 0. The minimum absolute atomic E-state index is 0. The van der Waals surface area contributed by atoms with Crippen molar-refractivity contribution in [2.75, 3.05) is 0 Å². The Morgan fingerprint density at radius 2 is 0.833 bits per heavy atom. The van der Waals surface area contributed by atoms with Gasteiger partial charge >= 0.3 is 30.8 Å². The molecule has 0 spiro atoms. The van der Waals surface area contributed by atoms with Crippen LogP contribution in [0.1, 0.15) is 0 Å². The summed E-state index contributed by atoms with van der Waals surface area (Å²) in [5.41, 5.74) is 0. The van der Waals surface area contributed by atoms with E-state index in [-0.39, 0.29) is 16.5 Å². The second-order valence-corrected chi connectivity index (χ2v) is 2.86. The first-order valence-electron chi connectivity index (χ1n) is 0.617. The number of hydrogen-bond donors (Lipinski definition) is 0. The van der Waals surface area contributed by atoms with Crippen LogP contribution in [-0.2, 0) is 34.6 Å². The summed E-state index contributed by atoms with van der Waals surface area (Å²) in [7, 11) is 0. The normalized spacial score (nSPS) is 12.7. The third kappa shape index (κ3) is 91.8. The average molecular weight is 319 g/mol. The van der Waals surface area contributed by atoms with Crippen LogP contribution in [0.5, 0.6) is 0 Å². The standard InChI is InChI=1S/4FH.Ni.W/h4*1H;;/q;;;;;+4/p-4. The fraction of sp³-hybridized carbons (Fsp3) is 0. The summed E-state index contributed by atoms with van der Waals surface area (Å²) in [6, 6.07) is 0. The van der Waals surface area contributed by atoms with Crippen molar-refractivity contribution in [2.24, 2.45) is 0 Å². The molecule has 44 valence electrons. The molecule has 0 fully saturated rings. The maximum absolute atomic E-state index is 9.90. The predicted octanol–water partition coefficient (Wildman–Crippen LogP) is 1.68. The molecule has 0 aromatic heterocycles. The van der Waals surface area contributed by atoms with Crippen LogP contribution in [0, 0.1) is 0 Å². The van der Waals surface area contributed by atoms with Crippen molar-refractivity contribution >= 4 is 0 Å². The van der Waals surface area contributed by atoms with Gasteiger partial charge in [0.15, 0.2) is 0 Å². The SMILES string of the molecule is [F][W]([F])([F])[F].[Ni]. The number of rotatable bonds is 0. The van der Waals surface area contributed by atoms with Gasteiger partial charge < -0.3 is 0 Å². The molecule has 0 aromatic carbocycles. The van der Waals surface area contributed by atoms with E-state index in [0.717, 1.165) is 0 Å². The summed E-state index contributed by atoms with van der Waals surface area (Å²) in [6.45, 7) is 0. The Hall–Kier alpha value is 0.902. The van der Waals surface area contributed by atoms with Crippen LogP contribution in [0.4, 0.5) is 12.6 Å². The van der Waals surface area contributed by atoms with E-state index >= 15 is 0 Å². The molecule has 0 bridgehead atoms. The van der Waals surface area contributed by atoms with Gasteiger partial charge in [-0.1, -0.05) is 0 Å². The first-order valence-corrected chi connectivity index (χ1v) is 5.05. The van der Waals surface area contributed by atoms with Gasteiger partial charge in [0, 0.05) is 16.5 Å². The molecular weight excluding hydrogens is 319 g/mol. The van der Waals surface area contributed by atoms with Gasteiger partial charge in [-0.2, -0.15) is 0 Å². The Bertz CT molecular complexity index is 23.0. The minimum Gasteiger partial charge on any atom is 0 e. The number of hydrogen-bond acceptors (Lipinski definition) is 0. The number of halogens is 4. The fourth-order valence-corrected chi connectivity index (χ4v) is 0. The Balaban J connectivity index is 0. The van der Waals surface area contributed by atoms with Crippen LogP contribution in [0.25, 0.3) is 0 Å². The second kappa shape index (κ2) is 2.98. The smallest absolute Gasteiger partial charge is 0 e. The Morgan fingerprint density at radius 3 is 0.833 bits per heavy atom. The molecule has 0 aliphatic carbocycles. The van der Waals surface area contributed by atoms with Gasteiger partial charge in [-0.25, -0.2) is 0 Å². The molecule has 0 aliphatic heterocycles. The summed E-state index contributed by atoms with van der Waals surface area (Å²) in [4.78, 5) is 0. The first kappa shape index (κ1) is 10.0. The van der Waals surface area contributed by atoms with E-state index < -0.39 is 18.2 Å². The van der Waals surface area contributed by atoms with Gasteiger partial charge in [0.05, 0.1) is 0 Å². The van der Waals surface area contributed by atoms with Crippen molar-refractivity contribution in [1.29, 1.82) is 0 Å². The molecular formula is F4NiW. The van der Waals surface area contributed by atoms with Crippen LogP contribution in [0.2, 0.25) is 0 Å². The molecule has 0 radical (unpaired) electrons. The molecule has 0 rings (SSSR count). The van der Waals surface area contributed by atoms with Crippen molar-refractivity contribution in [1.82, 2.24) is 0 Å². The minimum atomic E-state index is -7.17. The summed E-state index contributed by atoms with van der Waals surface area (Å²) in [5, 5.41) is 0. The van der Waals surface area contributed by atoms with Crippen LogP contribution in [0.15, 0.2) is 0 Å². The van der Waals surface area contributed by atoms with Gasteiger partial charge in [0.1, 0.15) is 0 Å². The second-order valence-electron chi connectivity index (χ2n) is 0.350. The van der Waals surface area contributed by atoms with Crippen LogP contribution >= 0.6 is 0 Å². The van der Waals surface area contributed by atoms with Crippen molar-refractivity contribution in [3.8, 4) is 0 Å². The van der Waals surface area contributed by atoms with E-state index in [2.05, 4.69) is 0 Å². The first-order chi connectivity index (χ1) is 2.00. The van der Waals surface area contributed by atoms with E-state index in [4.69, 9.17) is 0 Å².